The summed E-state index contributed by atoms with van der Waals surface area (Å²) < 4.78 is 6.18. The molecule has 132 valence electrons. The third-order valence-electron chi connectivity index (χ3n) is 5.57. The molecule has 0 N–H and O–H groups in total. The first kappa shape index (κ1) is 20.2. The van der Waals surface area contributed by atoms with E-state index in [2.05, 4.69) is 13.5 Å². The van der Waals surface area contributed by atoms with Crippen LogP contribution in [0.1, 0.15) is 110 Å². The van der Waals surface area contributed by atoms with E-state index in [-0.39, 0.29) is 9.52 Å². The molecule has 0 bridgehead atoms. The van der Waals surface area contributed by atoms with Gasteiger partial charge in [-0.15, -0.1) is 0 Å². The van der Waals surface area contributed by atoms with E-state index < -0.39 is 0 Å². The molecule has 1 fully saturated rings. The van der Waals surface area contributed by atoms with Crippen molar-refractivity contribution in [3.05, 3.63) is 0 Å². The summed E-state index contributed by atoms with van der Waals surface area (Å²) in [5, 5.41) is 0.400. The third-order valence-corrected chi connectivity index (χ3v) is 7.77. The van der Waals surface area contributed by atoms with Crippen LogP contribution in [0.3, 0.4) is 0 Å². The lowest BCUT2D eigenvalue weighted by molar-refractivity contribution is -0.0264. The van der Waals surface area contributed by atoms with Gasteiger partial charge in [0.1, 0.15) is 0 Å². The van der Waals surface area contributed by atoms with Gasteiger partial charge < -0.3 is 4.74 Å². The smallest absolute Gasteiger partial charge is 0.0564 e. The van der Waals surface area contributed by atoms with E-state index >= 15 is 0 Å². The maximum atomic E-state index is 6.18. The van der Waals surface area contributed by atoms with Crippen molar-refractivity contribution in [2.45, 2.75) is 121 Å². The lowest BCUT2D eigenvalue weighted by atomic mass is 10.0. The fourth-order valence-electron chi connectivity index (χ4n) is 3.85. The highest BCUT2D eigenvalue weighted by Gasteiger charge is 2.30. The molecule has 1 rings (SSSR count). The molecule has 0 radical (unpaired) electrons. The summed E-state index contributed by atoms with van der Waals surface area (Å²) in [6.07, 6.45) is 22.9. The van der Waals surface area contributed by atoms with Crippen molar-refractivity contribution in [2.75, 3.05) is 6.61 Å². The minimum absolute atomic E-state index is 0.0209. The van der Waals surface area contributed by atoms with Crippen LogP contribution in [0.25, 0.3) is 0 Å². The van der Waals surface area contributed by atoms with E-state index in [0.29, 0.717) is 5.22 Å². The van der Waals surface area contributed by atoms with E-state index in [1.165, 1.54) is 103 Å². The molecule has 0 aromatic rings. The molecule has 1 aliphatic heterocycles. The minimum Gasteiger partial charge on any atom is -0.379 e. The van der Waals surface area contributed by atoms with Gasteiger partial charge in [-0.2, -0.15) is 0 Å². The summed E-state index contributed by atoms with van der Waals surface area (Å²) in [4.78, 5) is 0. The molecule has 1 nitrogen and oxygen atoms in total. The highest BCUT2D eigenvalue weighted by atomic mass is 28.2. The van der Waals surface area contributed by atoms with Gasteiger partial charge in [-0.1, -0.05) is 90.5 Å². The summed E-state index contributed by atoms with van der Waals surface area (Å²) in [6.45, 7) is 5.79. The van der Waals surface area contributed by atoms with E-state index in [4.69, 9.17) is 4.74 Å². The molecule has 22 heavy (non-hydrogen) atoms. The van der Waals surface area contributed by atoms with Crippen LogP contribution in [0, 0.1) is 0 Å². The Labute approximate surface area is 142 Å². The van der Waals surface area contributed by atoms with Crippen LogP contribution in [0.4, 0.5) is 0 Å². The molecule has 2 heteroatoms. The fraction of sp³-hybridized carbons (Fsp3) is 1.00. The lowest BCUT2D eigenvalue weighted by Gasteiger charge is -2.36. The number of rotatable bonds is 14. The Hall–Kier alpha value is 0.177. The Balaban J connectivity index is 1.85. The average molecular weight is 327 g/mol. The second-order valence-electron chi connectivity index (χ2n) is 7.48. The molecular formula is C20H42OSi. The summed E-state index contributed by atoms with van der Waals surface area (Å²) >= 11 is 0. The molecule has 0 aliphatic carbocycles. The van der Waals surface area contributed by atoms with E-state index in [1.54, 1.807) is 0 Å². The SMILES string of the molecule is CCCCCCCCCCCCCCC1([SiH2]C)CCCCO1. The largest absolute Gasteiger partial charge is 0.379 e. The van der Waals surface area contributed by atoms with Gasteiger partial charge in [-0.25, -0.2) is 0 Å². The zero-order valence-electron chi connectivity index (χ0n) is 15.6. The molecule has 0 saturated carbocycles. The Kier molecular flexibility index (Phi) is 12.5. The van der Waals surface area contributed by atoms with Crippen LogP contribution < -0.4 is 0 Å². The molecule has 0 amide bonds. The molecule has 1 aliphatic rings. The van der Waals surface area contributed by atoms with Crippen LogP contribution in [0.15, 0.2) is 0 Å². The third kappa shape index (κ3) is 9.35. The maximum Gasteiger partial charge on any atom is 0.0564 e. The van der Waals surface area contributed by atoms with Gasteiger partial charge in [0.15, 0.2) is 0 Å². The fourth-order valence-corrected chi connectivity index (χ4v) is 5.41. The molecule has 1 heterocycles. The van der Waals surface area contributed by atoms with Crippen LogP contribution in [0.5, 0.6) is 0 Å². The summed E-state index contributed by atoms with van der Waals surface area (Å²) in [6, 6.07) is 0. The van der Waals surface area contributed by atoms with Crippen LogP contribution >= 0.6 is 0 Å². The zero-order chi connectivity index (χ0) is 15.9. The van der Waals surface area contributed by atoms with Crippen molar-refractivity contribution < 1.29 is 4.74 Å². The summed E-state index contributed by atoms with van der Waals surface area (Å²) in [5.74, 6) is 0. The van der Waals surface area contributed by atoms with Crippen LogP contribution in [-0.4, -0.2) is 21.4 Å². The second-order valence-corrected chi connectivity index (χ2v) is 9.48. The van der Waals surface area contributed by atoms with E-state index in [9.17, 15) is 0 Å². The van der Waals surface area contributed by atoms with Crippen molar-refractivity contribution in [1.82, 2.24) is 0 Å². The first-order chi connectivity index (χ1) is 10.8. The summed E-state index contributed by atoms with van der Waals surface area (Å²) in [7, 11) is -0.0209. The molecule has 1 saturated heterocycles. The molecule has 0 aromatic heterocycles. The van der Waals surface area contributed by atoms with Crippen LogP contribution in [-0.2, 0) is 4.74 Å². The Morgan fingerprint density at radius 2 is 1.32 bits per heavy atom. The first-order valence-electron chi connectivity index (χ1n) is 10.5. The van der Waals surface area contributed by atoms with Crippen molar-refractivity contribution in [1.29, 1.82) is 0 Å². The number of unbranched alkanes of at least 4 members (excludes halogenated alkanes) is 11. The van der Waals surface area contributed by atoms with Crippen LogP contribution in [0.2, 0.25) is 6.55 Å². The van der Waals surface area contributed by atoms with Crippen molar-refractivity contribution >= 4 is 9.52 Å². The van der Waals surface area contributed by atoms with Gasteiger partial charge >= 0.3 is 0 Å². The molecule has 0 spiro atoms. The van der Waals surface area contributed by atoms with Gasteiger partial charge in [0.25, 0.3) is 0 Å². The van der Waals surface area contributed by atoms with Gasteiger partial charge in [-0.05, 0) is 25.7 Å². The number of hydrogen-bond acceptors (Lipinski definition) is 1. The second kappa shape index (κ2) is 13.6. The van der Waals surface area contributed by atoms with Gasteiger partial charge in [-0.3, -0.25) is 0 Å². The normalized spacial score (nSPS) is 22.6. The van der Waals surface area contributed by atoms with Crippen molar-refractivity contribution in [2.24, 2.45) is 0 Å². The highest BCUT2D eigenvalue weighted by Crippen LogP contribution is 2.29. The zero-order valence-corrected chi connectivity index (χ0v) is 17.1. The highest BCUT2D eigenvalue weighted by molar-refractivity contribution is 6.37. The maximum absolute atomic E-state index is 6.18. The van der Waals surface area contributed by atoms with Gasteiger partial charge in [0.05, 0.1) is 14.7 Å². The number of hydrogen-bond donors (Lipinski definition) is 0. The topological polar surface area (TPSA) is 9.23 Å². The monoisotopic (exact) mass is 326 g/mol. The summed E-state index contributed by atoms with van der Waals surface area (Å²) in [5.41, 5.74) is 0. The Morgan fingerprint density at radius 3 is 1.77 bits per heavy atom. The lowest BCUT2D eigenvalue weighted by Crippen LogP contribution is -2.41. The van der Waals surface area contributed by atoms with E-state index in [1.807, 2.05) is 0 Å². The number of ether oxygens (including phenoxy) is 1. The van der Waals surface area contributed by atoms with Crippen molar-refractivity contribution in [3.8, 4) is 0 Å². The first-order valence-corrected chi connectivity index (χ1v) is 12.6. The average Bonchev–Trinajstić information content (AvgIpc) is 2.57. The standard InChI is InChI=1S/C20H42OSi/c1-3-4-5-6-7-8-9-10-11-12-13-14-17-20(22-2)18-15-16-19-21-20/h3-19,22H2,1-2H3. The predicted molar refractivity (Wildman–Crippen MR) is 103 cm³/mol. The van der Waals surface area contributed by atoms with Gasteiger partial charge in [0.2, 0.25) is 0 Å². The van der Waals surface area contributed by atoms with Crippen molar-refractivity contribution in [3.63, 3.8) is 0 Å². The minimum atomic E-state index is -0.0209. The quantitative estimate of drug-likeness (QED) is 0.273. The predicted octanol–water partition coefficient (Wildman–Crippen LogP) is 6.19. The van der Waals surface area contributed by atoms with Gasteiger partial charge in [0, 0.05) is 6.61 Å². The Morgan fingerprint density at radius 1 is 0.773 bits per heavy atom. The molecular weight excluding hydrogens is 284 g/mol. The molecule has 1 unspecified atom stereocenters. The molecule has 0 aromatic carbocycles. The Bertz CT molecular complexity index is 236. The van der Waals surface area contributed by atoms with E-state index in [0.717, 1.165) is 6.61 Å². The molecule has 1 atom stereocenters.